The van der Waals surface area contributed by atoms with Crippen molar-refractivity contribution in [1.82, 2.24) is 0 Å². The molecule has 0 bridgehead atoms. The molecule has 0 fully saturated rings. The number of aromatic hydroxyl groups is 1. The molecule has 0 unspecified atom stereocenters. The second-order valence-electron chi connectivity index (χ2n) is 5.71. The lowest BCUT2D eigenvalue weighted by atomic mass is 9.85. The minimum atomic E-state index is 0.0952. The van der Waals surface area contributed by atoms with Crippen molar-refractivity contribution >= 4 is 0 Å². The van der Waals surface area contributed by atoms with Crippen molar-refractivity contribution in [2.45, 2.75) is 26.2 Å². The first-order valence-electron chi connectivity index (χ1n) is 6.40. The van der Waals surface area contributed by atoms with Crippen molar-refractivity contribution < 1.29 is 9.84 Å². The van der Waals surface area contributed by atoms with Crippen LogP contribution < -0.4 is 4.74 Å². The van der Waals surface area contributed by atoms with Gasteiger partial charge in [0.15, 0.2) is 0 Å². The highest BCUT2D eigenvalue weighted by Crippen LogP contribution is 2.35. The van der Waals surface area contributed by atoms with E-state index in [1.54, 1.807) is 19.2 Å². The third-order valence-electron chi connectivity index (χ3n) is 3.24. The summed E-state index contributed by atoms with van der Waals surface area (Å²) in [6, 6.07) is 13.5. The van der Waals surface area contributed by atoms with Gasteiger partial charge in [0.25, 0.3) is 0 Å². The fourth-order valence-electron chi connectivity index (χ4n) is 2.04. The van der Waals surface area contributed by atoms with Crippen molar-refractivity contribution in [1.29, 1.82) is 0 Å². The summed E-state index contributed by atoms with van der Waals surface area (Å²) in [4.78, 5) is 0. The number of phenolic OH excluding ortho intramolecular Hbond substituents is 1. The SMILES string of the molecule is COc1ccc(C(C)(C)C)cc1-c1ccc(O)cc1. The third-order valence-corrected chi connectivity index (χ3v) is 3.24. The maximum Gasteiger partial charge on any atom is 0.126 e. The lowest BCUT2D eigenvalue weighted by Gasteiger charge is -2.21. The first-order valence-corrected chi connectivity index (χ1v) is 6.40. The van der Waals surface area contributed by atoms with Gasteiger partial charge in [-0.2, -0.15) is 0 Å². The number of rotatable bonds is 2. The van der Waals surface area contributed by atoms with Crippen LogP contribution in [0.5, 0.6) is 11.5 Å². The number of methoxy groups -OCH3 is 1. The van der Waals surface area contributed by atoms with E-state index in [0.717, 1.165) is 16.9 Å². The van der Waals surface area contributed by atoms with E-state index in [0.29, 0.717) is 0 Å². The van der Waals surface area contributed by atoms with Gasteiger partial charge in [-0.15, -0.1) is 0 Å². The van der Waals surface area contributed by atoms with Crippen LogP contribution in [0.2, 0.25) is 0 Å². The molecule has 2 aromatic carbocycles. The molecule has 0 saturated heterocycles. The molecule has 0 aromatic heterocycles. The van der Waals surface area contributed by atoms with Crippen molar-refractivity contribution in [2.75, 3.05) is 7.11 Å². The summed E-state index contributed by atoms with van der Waals surface area (Å²) in [5.41, 5.74) is 3.45. The molecule has 2 heteroatoms. The van der Waals surface area contributed by atoms with Crippen LogP contribution in [0, 0.1) is 0 Å². The van der Waals surface area contributed by atoms with Crippen LogP contribution in [0.3, 0.4) is 0 Å². The Balaban J connectivity index is 2.56. The monoisotopic (exact) mass is 256 g/mol. The standard InChI is InChI=1S/C17H20O2/c1-17(2,3)13-7-10-16(19-4)15(11-13)12-5-8-14(18)9-6-12/h5-11,18H,1-4H3. The molecule has 0 atom stereocenters. The summed E-state index contributed by atoms with van der Waals surface area (Å²) in [6.45, 7) is 6.57. The molecule has 100 valence electrons. The average Bonchev–Trinajstić information content (AvgIpc) is 2.38. The summed E-state index contributed by atoms with van der Waals surface area (Å²) in [7, 11) is 1.68. The van der Waals surface area contributed by atoms with Crippen molar-refractivity contribution in [2.24, 2.45) is 0 Å². The van der Waals surface area contributed by atoms with E-state index in [1.807, 2.05) is 18.2 Å². The van der Waals surface area contributed by atoms with Gasteiger partial charge in [-0.3, -0.25) is 0 Å². The van der Waals surface area contributed by atoms with Gasteiger partial charge in [-0.1, -0.05) is 39.0 Å². The van der Waals surface area contributed by atoms with E-state index in [1.165, 1.54) is 5.56 Å². The second kappa shape index (κ2) is 4.96. The number of phenols is 1. The largest absolute Gasteiger partial charge is 0.508 e. The zero-order valence-electron chi connectivity index (χ0n) is 11.9. The number of hydrogen-bond donors (Lipinski definition) is 1. The fraction of sp³-hybridized carbons (Fsp3) is 0.294. The Bertz CT molecular complexity index is 563. The lowest BCUT2D eigenvalue weighted by molar-refractivity contribution is 0.416. The molecule has 19 heavy (non-hydrogen) atoms. The Morgan fingerprint density at radius 2 is 1.58 bits per heavy atom. The maximum atomic E-state index is 9.38. The van der Waals surface area contributed by atoms with Gasteiger partial charge in [0, 0.05) is 5.56 Å². The summed E-state index contributed by atoms with van der Waals surface area (Å²) < 4.78 is 5.44. The summed E-state index contributed by atoms with van der Waals surface area (Å²) in [5, 5.41) is 9.38. The first-order chi connectivity index (χ1) is 8.91. The highest BCUT2D eigenvalue weighted by Gasteiger charge is 2.16. The molecular formula is C17H20O2. The van der Waals surface area contributed by atoms with Crippen LogP contribution in [-0.2, 0) is 5.41 Å². The molecule has 2 rings (SSSR count). The first kappa shape index (κ1) is 13.5. The smallest absolute Gasteiger partial charge is 0.126 e. The molecule has 2 nitrogen and oxygen atoms in total. The van der Waals surface area contributed by atoms with E-state index >= 15 is 0 Å². The quantitative estimate of drug-likeness (QED) is 0.864. The van der Waals surface area contributed by atoms with Crippen LogP contribution in [0.4, 0.5) is 0 Å². The van der Waals surface area contributed by atoms with Gasteiger partial charge < -0.3 is 9.84 Å². The maximum absolute atomic E-state index is 9.38. The molecule has 0 amide bonds. The lowest BCUT2D eigenvalue weighted by Crippen LogP contribution is -2.11. The number of ether oxygens (including phenoxy) is 1. The van der Waals surface area contributed by atoms with Gasteiger partial charge in [-0.25, -0.2) is 0 Å². The third kappa shape index (κ3) is 2.90. The van der Waals surface area contributed by atoms with Gasteiger partial charge in [-0.05, 0) is 40.8 Å². The predicted octanol–water partition coefficient (Wildman–Crippen LogP) is 4.37. The number of hydrogen-bond acceptors (Lipinski definition) is 2. The Morgan fingerprint density at radius 1 is 0.947 bits per heavy atom. The highest BCUT2D eigenvalue weighted by atomic mass is 16.5. The van der Waals surface area contributed by atoms with Gasteiger partial charge in [0.05, 0.1) is 7.11 Å². The highest BCUT2D eigenvalue weighted by molar-refractivity contribution is 5.72. The summed E-state index contributed by atoms with van der Waals surface area (Å²) in [5.74, 6) is 1.12. The summed E-state index contributed by atoms with van der Waals surface area (Å²) >= 11 is 0. The molecule has 0 spiro atoms. The second-order valence-corrected chi connectivity index (χ2v) is 5.71. The van der Waals surface area contributed by atoms with Gasteiger partial charge in [0.2, 0.25) is 0 Å². The van der Waals surface area contributed by atoms with Crippen LogP contribution in [-0.4, -0.2) is 12.2 Å². The van der Waals surface area contributed by atoms with Crippen molar-refractivity contribution in [3.8, 4) is 22.6 Å². The Morgan fingerprint density at radius 3 is 2.11 bits per heavy atom. The average molecular weight is 256 g/mol. The molecular weight excluding hydrogens is 236 g/mol. The molecule has 0 aliphatic heterocycles. The molecule has 0 radical (unpaired) electrons. The van der Waals surface area contributed by atoms with E-state index in [2.05, 4.69) is 32.9 Å². The predicted molar refractivity (Wildman–Crippen MR) is 78.8 cm³/mol. The fourth-order valence-corrected chi connectivity index (χ4v) is 2.04. The molecule has 2 aromatic rings. The molecule has 0 heterocycles. The zero-order valence-corrected chi connectivity index (χ0v) is 11.9. The summed E-state index contributed by atoms with van der Waals surface area (Å²) in [6.07, 6.45) is 0. The molecule has 1 N–H and O–H groups in total. The van der Waals surface area contributed by atoms with E-state index in [9.17, 15) is 5.11 Å². The van der Waals surface area contributed by atoms with Crippen molar-refractivity contribution in [3.63, 3.8) is 0 Å². The van der Waals surface area contributed by atoms with Gasteiger partial charge in [0.1, 0.15) is 11.5 Å². The van der Waals surface area contributed by atoms with Crippen LogP contribution in [0.15, 0.2) is 42.5 Å². The molecule has 0 aliphatic rings. The van der Waals surface area contributed by atoms with E-state index < -0.39 is 0 Å². The Hall–Kier alpha value is -1.96. The molecule has 0 aliphatic carbocycles. The Labute approximate surface area is 114 Å². The zero-order chi connectivity index (χ0) is 14.0. The minimum absolute atomic E-state index is 0.0952. The van der Waals surface area contributed by atoms with Gasteiger partial charge >= 0.3 is 0 Å². The van der Waals surface area contributed by atoms with Crippen LogP contribution in [0.1, 0.15) is 26.3 Å². The Kier molecular flexibility index (Phi) is 3.52. The topological polar surface area (TPSA) is 29.5 Å². The van der Waals surface area contributed by atoms with Crippen LogP contribution >= 0.6 is 0 Å². The normalized spacial score (nSPS) is 11.4. The van der Waals surface area contributed by atoms with E-state index in [4.69, 9.17) is 4.74 Å². The van der Waals surface area contributed by atoms with E-state index in [-0.39, 0.29) is 11.2 Å². The minimum Gasteiger partial charge on any atom is -0.508 e. The number of benzene rings is 2. The van der Waals surface area contributed by atoms with Crippen molar-refractivity contribution in [3.05, 3.63) is 48.0 Å². The molecule has 0 saturated carbocycles. The van der Waals surface area contributed by atoms with Crippen LogP contribution in [0.25, 0.3) is 11.1 Å².